The maximum Gasteiger partial charge on any atom is 0.128 e. The van der Waals surface area contributed by atoms with Gasteiger partial charge in [-0.15, -0.1) is 0 Å². The molecule has 2 aromatic carbocycles. The topological polar surface area (TPSA) is 55.9 Å². The third-order valence-electron chi connectivity index (χ3n) is 5.02. The lowest BCUT2D eigenvalue weighted by Crippen LogP contribution is -2.19. The van der Waals surface area contributed by atoms with Gasteiger partial charge in [-0.1, -0.05) is 55.1 Å². The summed E-state index contributed by atoms with van der Waals surface area (Å²) in [6.45, 7) is 11.8. The fraction of sp³-hybridized carbons (Fsp3) is 0.208. The Morgan fingerprint density at radius 3 is 2.32 bits per heavy atom. The minimum absolute atomic E-state index is 0.556. The summed E-state index contributed by atoms with van der Waals surface area (Å²) in [6, 6.07) is 16.6. The Morgan fingerprint density at radius 1 is 1.04 bits per heavy atom. The van der Waals surface area contributed by atoms with Crippen LogP contribution in [0, 0.1) is 20.8 Å². The molecule has 0 atom stereocenters. The number of aryl methyl sites for hydroxylation is 2. The van der Waals surface area contributed by atoms with Gasteiger partial charge in [-0.25, -0.2) is 4.68 Å². The Labute approximate surface area is 167 Å². The van der Waals surface area contributed by atoms with Gasteiger partial charge in [0.25, 0.3) is 0 Å². The van der Waals surface area contributed by atoms with Crippen molar-refractivity contribution in [2.75, 3.05) is 0 Å². The number of aromatic nitrogens is 2. The van der Waals surface area contributed by atoms with Crippen LogP contribution in [0.2, 0.25) is 0 Å². The van der Waals surface area contributed by atoms with Crippen LogP contribution in [-0.2, 0) is 13.1 Å². The van der Waals surface area contributed by atoms with Crippen molar-refractivity contribution in [1.82, 2.24) is 15.1 Å². The number of hydrogen-bond donors (Lipinski definition) is 2. The quantitative estimate of drug-likeness (QED) is 0.597. The smallest absolute Gasteiger partial charge is 0.128 e. The Balaban J connectivity index is 1.89. The zero-order valence-corrected chi connectivity index (χ0v) is 16.9. The highest BCUT2D eigenvalue weighted by atomic mass is 15.3. The summed E-state index contributed by atoms with van der Waals surface area (Å²) in [5, 5.41) is 8.09. The van der Waals surface area contributed by atoms with Gasteiger partial charge in [-0.3, -0.25) is 0 Å². The first kappa shape index (κ1) is 19.6. The van der Waals surface area contributed by atoms with E-state index in [0.717, 1.165) is 33.8 Å². The lowest BCUT2D eigenvalue weighted by atomic mass is 10.0. The zero-order valence-electron chi connectivity index (χ0n) is 16.9. The van der Waals surface area contributed by atoms with Gasteiger partial charge in [0.1, 0.15) is 5.82 Å². The van der Waals surface area contributed by atoms with E-state index in [9.17, 15) is 0 Å². The summed E-state index contributed by atoms with van der Waals surface area (Å²) in [6.07, 6.45) is 3.95. The van der Waals surface area contributed by atoms with Crippen molar-refractivity contribution in [1.29, 1.82) is 0 Å². The number of benzene rings is 2. The summed E-state index contributed by atoms with van der Waals surface area (Å²) in [4.78, 5) is 0. The Hall–Kier alpha value is -3.11. The minimum Gasteiger partial charge on any atom is -0.366 e. The van der Waals surface area contributed by atoms with Crippen LogP contribution in [-0.4, -0.2) is 9.78 Å². The van der Waals surface area contributed by atoms with Crippen LogP contribution in [0.1, 0.15) is 33.5 Å². The van der Waals surface area contributed by atoms with Gasteiger partial charge in [0, 0.05) is 18.8 Å². The molecule has 0 aliphatic heterocycles. The molecule has 1 aromatic heterocycles. The number of nitrogens with one attached hydrogen (secondary N) is 1. The lowest BCUT2D eigenvalue weighted by Gasteiger charge is -2.15. The molecule has 0 fully saturated rings. The van der Waals surface area contributed by atoms with Crippen molar-refractivity contribution in [2.24, 2.45) is 5.73 Å². The molecule has 0 aliphatic rings. The van der Waals surface area contributed by atoms with Gasteiger partial charge in [0.2, 0.25) is 0 Å². The van der Waals surface area contributed by atoms with Crippen molar-refractivity contribution in [3.63, 3.8) is 0 Å². The van der Waals surface area contributed by atoms with Crippen LogP contribution in [0.5, 0.6) is 0 Å². The molecule has 0 radical (unpaired) electrons. The number of hydrogen-bond acceptors (Lipinski definition) is 3. The number of allylic oxidation sites excluding steroid dienone is 2. The largest absolute Gasteiger partial charge is 0.366 e. The van der Waals surface area contributed by atoms with Gasteiger partial charge in [-0.2, -0.15) is 5.10 Å². The molecule has 0 saturated carbocycles. The lowest BCUT2D eigenvalue weighted by molar-refractivity contribution is 0.756. The van der Waals surface area contributed by atoms with Crippen molar-refractivity contribution >= 4 is 11.4 Å². The van der Waals surface area contributed by atoms with Gasteiger partial charge < -0.3 is 11.1 Å². The van der Waals surface area contributed by atoms with Gasteiger partial charge in [0.15, 0.2) is 0 Å². The molecule has 0 unspecified atom stereocenters. The van der Waals surface area contributed by atoms with Crippen molar-refractivity contribution in [2.45, 2.75) is 33.9 Å². The molecule has 3 N–H and O–H groups in total. The summed E-state index contributed by atoms with van der Waals surface area (Å²) in [7, 11) is 0. The normalized spacial score (nSPS) is 11.5. The number of nitrogens with zero attached hydrogens (tertiary/aromatic N) is 2. The van der Waals surface area contributed by atoms with E-state index in [2.05, 4.69) is 80.2 Å². The monoisotopic (exact) mass is 372 g/mol. The van der Waals surface area contributed by atoms with Crippen LogP contribution in [0.15, 0.2) is 67.4 Å². The molecule has 4 heteroatoms. The summed E-state index contributed by atoms with van der Waals surface area (Å²) >= 11 is 0. The Bertz CT molecular complexity index is 994. The molecule has 0 spiro atoms. The van der Waals surface area contributed by atoms with E-state index in [1.54, 1.807) is 0 Å². The second kappa shape index (κ2) is 8.72. The van der Waals surface area contributed by atoms with Crippen LogP contribution in [0.25, 0.3) is 11.4 Å². The molecule has 0 amide bonds. The van der Waals surface area contributed by atoms with E-state index in [1.807, 2.05) is 23.0 Å². The molecular formula is C24H28N4. The van der Waals surface area contributed by atoms with Gasteiger partial charge in [-0.05, 0) is 60.2 Å². The highest BCUT2D eigenvalue weighted by Crippen LogP contribution is 2.21. The Morgan fingerprint density at radius 2 is 1.71 bits per heavy atom. The molecule has 4 nitrogen and oxygen atoms in total. The standard InChI is InChI=1S/C24H28N4/c1-17-7-5-6-8-23(17)18(2)13-24(28-20(4)19(3)15-27-28)26-16-22-11-9-21(14-25)10-12-22/h5-13,15,26H,2,14,16,25H2,1,3-4H3/b24-13-. The van der Waals surface area contributed by atoms with Crippen molar-refractivity contribution < 1.29 is 0 Å². The summed E-state index contributed by atoms with van der Waals surface area (Å²) < 4.78 is 1.94. The molecule has 3 rings (SSSR count). The Kier molecular flexibility index (Phi) is 6.12. The molecule has 3 aromatic rings. The second-order valence-corrected chi connectivity index (χ2v) is 7.07. The number of nitrogens with two attached hydrogens (primary N) is 1. The molecule has 0 bridgehead atoms. The highest BCUT2D eigenvalue weighted by Gasteiger charge is 2.10. The number of rotatable bonds is 7. The third-order valence-corrected chi connectivity index (χ3v) is 5.02. The summed E-state index contributed by atoms with van der Waals surface area (Å²) in [5.74, 6) is 0.904. The minimum atomic E-state index is 0.556. The molecule has 0 aliphatic carbocycles. The van der Waals surface area contributed by atoms with Crippen LogP contribution in [0.3, 0.4) is 0 Å². The molecule has 1 heterocycles. The highest BCUT2D eigenvalue weighted by molar-refractivity contribution is 5.79. The molecule has 0 saturated heterocycles. The van der Waals surface area contributed by atoms with E-state index in [1.165, 1.54) is 11.1 Å². The first-order valence-electron chi connectivity index (χ1n) is 9.49. The van der Waals surface area contributed by atoms with Gasteiger partial charge >= 0.3 is 0 Å². The van der Waals surface area contributed by atoms with E-state index in [4.69, 9.17) is 5.73 Å². The fourth-order valence-corrected chi connectivity index (χ4v) is 3.08. The second-order valence-electron chi connectivity index (χ2n) is 7.07. The van der Waals surface area contributed by atoms with E-state index in [0.29, 0.717) is 13.1 Å². The van der Waals surface area contributed by atoms with Gasteiger partial charge in [0.05, 0.1) is 6.20 Å². The SMILES string of the molecule is C=C(/C=C(/NCc1ccc(CN)cc1)n1ncc(C)c1C)c1ccccc1C. The maximum absolute atomic E-state index is 5.69. The van der Waals surface area contributed by atoms with Crippen molar-refractivity contribution in [3.8, 4) is 0 Å². The fourth-order valence-electron chi connectivity index (χ4n) is 3.08. The first-order valence-corrected chi connectivity index (χ1v) is 9.49. The molecular weight excluding hydrogens is 344 g/mol. The van der Waals surface area contributed by atoms with Crippen LogP contribution >= 0.6 is 0 Å². The van der Waals surface area contributed by atoms with E-state index < -0.39 is 0 Å². The van der Waals surface area contributed by atoms with Crippen molar-refractivity contribution in [3.05, 3.63) is 101 Å². The summed E-state index contributed by atoms with van der Waals surface area (Å²) in [5.41, 5.74) is 13.6. The third kappa shape index (κ3) is 4.41. The predicted molar refractivity (Wildman–Crippen MR) is 117 cm³/mol. The van der Waals surface area contributed by atoms with E-state index in [-0.39, 0.29) is 0 Å². The van der Waals surface area contributed by atoms with Crippen LogP contribution in [0.4, 0.5) is 0 Å². The maximum atomic E-state index is 5.69. The zero-order chi connectivity index (χ0) is 20.1. The first-order chi connectivity index (χ1) is 13.5. The predicted octanol–water partition coefficient (Wildman–Crippen LogP) is 4.57. The average molecular weight is 373 g/mol. The molecule has 144 valence electrons. The van der Waals surface area contributed by atoms with Crippen LogP contribution < -0.4 is 11.1 Å². The average Bonchev–Trinajstić information content (AvgIpc) is 3.04. The van der Waals surface area contributed by atoms with E-state index >= 15 is 0 Å². The molecule has 28 heavy (non-hydrogen) atoms.